The van der Waals surface area contributed by atoms with Gasteiger partial charge in [0.1, 0.15) is 0 Å². The lowest BCUT2D eigenvalue weighted by molar-refractivity contribution is -0.116. The Balaban J connectivity index is 1.56. The van der Waals surface area contributed by atoms with Gasteiger partial charge in [0.25, 0.3) is 0 Å². The maximum absolute atomic E-state index is 12.1. The summed E-state index contributed by atoms with van der Waals surface area (Å²) in [5.74, 6) is -0.0664. The first kappa shape index (κ1) is 17.7. The summed E-state index contributed by atoms with van der Waals surface area (Å²) in [4.78, 5) is 12.1. The van der Waals surface area contributed by atoms with Crippen molar-refractivity contribution in [2.45, 2.75) is 26.4 Å². The van der Waals surface area contributed by atoms with Gasteiger partial charge in [-0.05, 0) is 40.5 Å². The van der Waals surface area contributed by atoms with E-state index in [1.165, 1.54) is 0 Å². The summed E-state index contributed by atoms with van der Waals surface area (Å²) in [5.41, 5.74) is 2.59. The first-order chi connectivity index (χ1) is 12.0. The van der Waals surface area contributed by atoms with Crippen LogP contribution in [0.1, 0.15) is 17.7 Å². The molecule has 1 amide bonds. The van der Waals surface area contributed by atoms with Crippen LogP contribution in [0.25, 0.3) is 0 Å². The van der Waals surface area contributed by atoms with Gasteiger partial charge in [-0.25, -0.2) is 0 Å². The zero-order valence-corrected chi connectivity index (χ0v) is 16.0. The molecule has 3 aromatic rings. The van der Waals surface area contributed by atoms with E-state index in [4.69, 9.17) is 11.6 Å². The number of aryl methyl sites for hydroxylation is 2. The van der Waals surface area contributed by atoms with Crippen molar-refractivity contribution in [1.29, 1.82) is 0 Å². The number of nitrogens with one attached hydrogen (secondary N) is 1. The van der Waals surface area contributed by atoms with E-state index in [2.05, 4.69) is 31.4 Å². The maximum atomic E-state index is 12.1. The number of amides is 1. The monoisotopic (exact) mass is 421 g/mol. The highest BCUT2D eigenvalue weighted by molar-refractivity contribution is 9.10. The molecule has 2 aromatic heterocycles. The van der Waals surface area contributed by atoms with Crippen molar-refractivity contribution in [2.75, 3.05) is 5.32 Å². The van der Waals surface area contributed by atoms with Crippen molar-refractivity contribution in [3.8, 4) is 0 Å². The predicted molar refractivity (Wildman–Crippen MR) is 101 cm³/mol. The maximum Gasteiger partial charge on any atom is 0.226 e. The summed E-state index contributed by atoms with van der Waals surface area (Å²) < 4.78 is 4.45. The fourth-order valence-corrected chi connectivity index (χ4v) is 2.89. The lowest BCUT2D eigenvalue weighted by Gasteiger charge is -2.08. The Morgan fingerprint density at radius 2 is 2.16 bits per heavy atom. The van der Waals surface area contributed by atoms with Crippen LogP contribution in [0.2, 0.25) is 5.02 Å². The third-order valence-corrected chi connectivity index (χ3v) is 4.39. The third-order valence-electron chi connectivity index (χ3n) is 3.61. The second kappa shape index (κ2) is 7.84. The molecule has 0 saturated carbocycles. The normalized spacial score (nSPS) is 10.8. The molecule has 130 valence electrons. The Hall–Kier alpha value is -2.12. The molecule has 1 N–H and O–H groups in total. The number of nitrogens with zero attached hydrogens (tertiary/aromatic N) is 4. The molecule has 8 heteroatoms. The minimum absolute atomic E-state index is 0.0664. The second-order valence-corrected chi connectivity index (χ2v) is 7.00. The summed E-state index contributed by atoms with van der Waals surface area (Å²) in [7, 11) is 0. The van der Waals surface area contributed by atoms with Crippen LogP contribution >= 0.6 is 27.5 Å². The van der Waals surface area contributed by atoms with Gasteiger partial charge in [0, 0.05) is 31.0 Å². The fraction of sp³-hybridized carbons (Fsp3) is 0.235. The molecule has 0 spiro atoms. The van der Waals surface area contributed by atoms with Gasteiger partial charge in [0.05, 0.1) is 27.9 Å². The van der Waals surface area contributed by atoms with E-state index in [0.717, 1.165) is 21.4 Å². The number of carbonyl (C=O) groups is 1. The largest absolute Gasteiger partial charge is 0.326 e. The van der Waals surface area contributed by atoms with Crippen LogP contribution in [0.5, 0.6) is 0 Å². The third kappa shape index (κ3) is 4.93. The Bertz CT molecular complexity index is 869. The number of aromatic nitrogens is 4. The molecule has 0 radical (unpaired) electrons. The Morgan fingerprint density at radius 1 is 1.32 bits per heavy atom. The van der Waals surface area contributed by atoms with Crippen molar-refractivity contribution < 1.29 is 4.79 Å². The Labute approximate surface area is 158 Å². The first-order valence-electron chi connectivity index (χ1n) is 7.76. The highest BCUT2D eigenvalue weighted by atomic mass is 79.9. The lowest BCUT2D eigenvalue weighted by atomic mass is 10.2. The van der Waals surface area contributed by atoms with Crippen LogP contribution in [0.15, 0.2) is 47.3 Å². The predicted octanol–water partition coefficient (Wildman–Crippen LogP) is 3.88. The number of benzene rings is 1. The number of hydrogen-bond donors (Lipinski definition) is 1. The lowest BCUT2D eigenvalue weighted by Crippen LogP contribution is -2.15. The molecule has 0 aliphatic heterocycles. The van der Waals surface area contributed by atoms with Crippen LogP contribution in [0.3, 0.4) is 0 Å². The summed E-state index contributed by atoms with van der Waals surface area (Å²) in [6.45, 7) is 2.96. The van der Waals surface area contributed by atoms with Gasteiger partial charge in [0.15, 0.2) is 0 Å². The quantitative estimate of drug-likeness (QED) is 0.655. The molecule has 25 heavy (non-hydrogen) atoms. The topological polar surface area (TPSA) is 64.7 Å². The minimum atomic E-state index is -0.0664. The van der Waals surface area contributed by atoms with E-state index in [-0.39, 0.29) is 5.91 Å². The minimum Gasteiger partial charge on any atom is -0.326 e. The molecule has 0 fully saturated rings. The van der Waals surface area contributed by atoms with E-state index < -0.39 is 0 Å². The van der Waals surface area contributed by atoms with Gasteiger partial charge in [-0.2, -0.15) is 10.2 Å². The van der Waals surface area contributed by atoms with E-state index in [9.17, 15) is 4.79 Å². The molecule has 0 bridgehead atoms. The average molecular weight is 423 g/mol. The van der Waals surface area contributed by atoms with Crippen molar-refractivity contribution in [1.82, 2.24) is 19.6 Å². The van der Waals surface area contributed by atoms with Crippen molar-refractivity contribution >= 4 is 39.1 Å². The number of hydrogen-bond acceptors (Lipinski definition) is 3. The summed E-state index contributed by atoms with van der Waals surface area (Å²) in [6, 6.07) is 7.73. The molecule has 0 unspecified atom stereocenters. The van der Waals surface area contributed by atoms with Crippen LogP contribution in [-0.2, 0) is 17.9 Å². The zero-order chi connectivity index (χ0) is 17.8. The number of rotatable bonds is 6. The fourth-order valence-electron chi connectivity index (χ4n) is 2.41. The first-order valence-corrected chi connectivity index (χ1v) is 8.93. The number of carbonyl (C=O) groups excluding carboxylic acids is 1. The number of halogens is 2. The smallest absolute Gasteiger partial charge is 0.226 e. The Morgan fingerprint density at radius 3 is 2.84 bits per heavy atom. The molecule has 0 saturated heterocycles. The van der Waals surface area contributed by atoms with Crippen LogP contribution in [0.4, 0.5) is 5.69 Å². The van der Waals surface area contributed by atoms with Crippen molar-refractivity contribution in [2.24, 2.45) is 0 Å². The molecule has 0 atom stereocenters. The van der Waals surface area contributed by atoms with Crippen LogP contribution < -0.4 is 5.32 Å². The average Bonchev–Trinajstić information content (AvgIpc) is 3.11. The van der Waals surface area contributed by atoms with E-state index in [1.54, 1.807) is 17.1 Å². The van der Waals surface area contributed by atoms with Gasteiger partial charge < -0.3 is 5.32 Å². The molecular weight excluding hydrogens is 406 g/mol. The van der Waals surface area contributed by atoms with Crippen molar-refractivity contribution in [3.05, 3.63) is 63.6 Å². The molecule has 3 rings (SSSR count). The van der Waals surface area contributed by atoms with E-state index in [1.807, 2.05) is 42.1 Å². The molecule has 0 aliphatic carbocycles. The highest BCUT2D eigenvalue weighted by Crippen LogP contribution is 2.15. The van der Waals surface area contributed by atoms with Crippen LogP contribution in [0, 0.1) is 6.92 Å². The molecular formula is C17H17BrClN5O. The van der Waals surface area contributed by atoms with E-state index in [0.29, 0.717) is 24.5 Å². The van der Waals surface area contributed by atoms with Gasteiger partial charge >= 0.3 is 0 Å². The molecule has 0 aliphatic rings. The standard InChI is InChI=1S/C17H17BrClN5O/c1-12-16(19)11-23(22-12)6-5-17(25)21-15-4-2-3-13(7-15)9-24-10-14(18)8-20-24/h2-4,7-8,10-11H,5-6,9H2,1H3,(H,21,25). The van der Waals surface area contributed by atoms with Crippen LogP contribution in [-0.4, -0.2) is 25.5 Å². The highest BCUT2D eigenvalue weighted by Gasteiger charge is 2.07. The second-order valence-electron chi connectivity index (χ2n) is 5.68. The molecule has 2 heterocycles. The zero-order valence-electron chi connectivity index (χ0n) is 13.6. The van der Waals surface area contributed by atoms with Gasteiger partial charge in [-0.3, -0.25) is 14.2 Å². The molecule has 6 nitrogen and oxygen atoms in total. The van der Waals surface area contributed by atoms with Gasteiger partial charge in [-0.15, -0.1) is 0 Å². The Kier molecular flexibility index (Phi) is 5.55. The summed E-state index contributed by atoms with van der Waals surface area (Å²) >= 11 is 9.35. The van der Waals surface area contributed by atoms with E-state index >= 15 is 0 Å². The SMILES string of the molecule is Cc1nn(CCC(=O)Nc2cccc(Cn3cc(Br)cn3)c2)cc1Cl. The van der Waals surface area contributed by atoms with Gasteiger partial charge in [0.2, 0.25) is 5.91 Å². The molecule has 1 aromatic carbocycles. The number of anilines is 1. The van der Waals surface area contributed by atoms with Gasteiger partial charge in [-0.1, -0.05) is 23.7 Å². The summed E-state index contributed by atoms with van der Waals surface area (Å²) in [6.07, 6.45) is 5.71. The summed E-state index contributed by atoms with van der Waals surface area (Å²) in [5, 5.41) is 12.0. The van der Waals surface area contributed by atoms with Crippen molar-refractivity contribution in [3.63, 3.8) is 0 Å².